The van der Waals surface area contributed by atoms with Gasteiger partial charge in [0, 0.05) is 12.0 Å². The number of aryl methyl sites for hydroxylation is 1. The summed E-state index contributed by atoms with van der Waals surface area (Å²) >= 11 is 0. The van der Waals surface area contributed by atoms with Crippen molar-refractivity contribution < 1.29 is 14.3 Å². The van der Waals surface area contributed by atoms with E-state index in [1.54, 1.807) is 0 Å². The minimum atomic E-state index is -0.0456. The standard InChI is InChI=1S/C12H14O3/c13-9-11-3-1-10(2-4-11)5-6-12-14-7-8-15-12/h1-4,9,12H,5-8H2. The average molecular weight is 206 g/mol. The molecule has 3 nitrogen and oxygen atoms in total. The summed E-state index contributed by atoms with van der Waals surface area (Å²) in [5, 5.41) is 0. The van der Waals surface area contributed by atoms with Gasteiger partial charge in [0.25, 0.3) is 0 Å². The highest BCUT2D eigenvalue weighted by molar-refractivity contribution is 5.74. The Morgan fingerprint density at radius 2 is 1.87 bits per heavy atom. The van der Waals surface area contributed by atoms with Gasteiger partial charge in [-0.05, 0) is 12.0 Å². The van der Waals surface area contributed by atoms with E-state index in [1.165, 1.54) is 5.56 Å². The Morgan fingerprint density at radius 3 is 2.47 bits per heavy atom. The van der Waals surface area contributed by atoms with Crippen LogP contribution in [0.5, 0.6) is 0 Å². The van der Waals surface area contributed by atoms with Crippen molar-refractivity contribution in [1.82, 2.24) is 0 Å². The van der Waals surface area contributed by atoms with Crippen LogP contribution in [0.3, 0.4) is 0 Å². The van der Waals surface area contributed by atoms with Gasteiger partial charge in [0.2, 0.25) is 0 Å². The van der Waals surface area contributed by atoms with Gasteiger partial charge in [0.05, 0.1) is 13.2 Å². The second-order valence-electron chi connectivity index (χ2n) is 3.57. The number of rotatable bonds is 4. The van der Waals surface area contributed by atoms with E-state index in [2.05, 4.69) is 0 Å². The van der Waals surface area contributed by atoms with Crippen molar-refractivity contribution in [3.8, 4) is 0 Å². The molecule has 0 N–H and O–H groups in total. The molecule has 0 saturated carbocycles. The van der Waals surface area contributed by atoms with E-state index >= 15 is 0 Å². The summed E-state index contributed by atoms with van der Waals surface area (Å²) in [6.07, 6.45) is 2.60. The Kier molecular flexibility index (Phi) is 3.48. The maximum Gasteiger partial charge on any atom is 0.158 e. The predicted octanol–water partition coefficient (Wildman–Crippen LogP) is 1.80. The molecule has 1 fully saturated rings. The summed E-state index contributed by atoms with van der Waals surface area (Å²) in [5.41, 5.74) is 1.92. The first kappa shape index (κ1) is 10.3. The average Bonchev–Trinajstić information content (AvgIpc) is 2.80. The third-order valence-corrected chi connectivity index (χ3v) is 2.48. The second kappa shape index (κ2) is 5.05. The summed E-state index contributed by atoms with van der Waals surface area (Å²) in [6, 6.07) is 7.61. The minimum Gasteiger partial charge on any atom is -0.350 e. The third kappa shape index (κ3) is 2.88. The van der Waals surface area contributed by atoms with Crippen LogP contribution in [0.15, 0.2) is 24.3 Å². The number of hydrogen-bond acceptors (Lipinski definition) is 3. The molecule has 1 aromatic rings. The fraction of sp³-hybridized carbons (Fsp3) is 0.417. The molecule has 0 spiro atoms. The number of benzene rings is 1. The smallest absolute Gasteiger partial charge is 0.158 e. The molecule has 1 aliphatic heterocycles. The van der Waals surface area contributed by atoms with Crippen molar-refractivity contribution in [2.24, 2.45) is 0 Å². The summed E-state index contributed by atoms with van der Waals surface area (Å²) in [7, 11) is 0. The molecular formula is C12H14O3. The van der Waals surface area contributed by atoms with E-state index < -0.39 is 0 Å². The van der Waals surface area contributed by atoms with Crippen LogP contribution < -0.4 is 0 Å². The maximum absolute atomic E-state index is 10.4. The van der Waals surface area contributed by atoms with Crippen LogP contribution in [-0.4, -0.2) is 25.8 Å². The topological polar surface area (TPSA) is 35.5 Å². The largest absolute Gasteiger partial charge is 0.350 e. The minimum absolute atomic E-state index is 0.0456. The lowest BCUT2D eigenvalue weighted by atomic mass is 10.1. The SMILES string of the molecule is O=Cc1ccc(CCC2OCCO2)cc1. The molecule has 0 bridgehead atoms. The van der Waals surface area contributed by atoms with E-state index in [0.29, 0.717) is 18.8 Å². The summed E-state index contributed by atoms with van der Waals surface area (Å²) in [5.74, 6) is 0. The molecule has 0 radical (unpaired) electrons. The van der Waals surface area contributed by atoms with Gasteiger partial charge >= 0.3 is 0 Å². The Hall–Kier alpha value is -1.19. The van der Waals surface area contributed by atoms with Crippen LogP contribution in [0.4, 0.5) is 0 Å². The summed E-state index contributed by atoms with van der Waals surface area (Å²) < 4.78 is 10.7. The zero-order valence-corrected chi connectivity index (χ0v) is 8.52. The van der Waals surface area contributed by atoms with Crippen LogP contribution in [0.25, 0.3) is 0 Å². The van der Waals surface area contributed by atoms with E-state index in [4.69, 9.17) is 9.47 Å². The second-order valence-corrected chi connectivity index (χ2v) is 3.57. The van der Waals surface area contributed by atoms with Crippen molar-refractivity contribution in [2.45, 2.75) is 19.1 Å². The molecule has 1 saturated heterocycles. The first-order chi connectivity index (χ1) is 7.38. The van der Waals surface area contributed by atoms with Crippen molar-refractivity contribution >= 4 is 6.29 Å². The Bertz CT molecular complexity index is 312. The van der Waals surface area contributed by atoms with Gasteiger partial charge < -0.3 is 9.47 Å². The fourth-order valence-electron chi connectivity index (χ4n) is 1.62. The molecule has 0 aromatic heterocycles. The quantitative estimate of drug-likeness (QED) is 0.705. The van der Waals surface area contributed by atoms with Crippen LogP contribution in [0.2, 0.25) is 0 Å². The molecule has 0 atom stereocenters. The van der Waals surface area contributed by atoms with Gasteiger partial charge in [-0.3, -0.25) is 4.79 Å². The van der Waals surface area contributed by atoms with Crippen LogP contribution in [0.1, 0.15) is 22.3 Å². The molecule has 80 valence electrons. The third-order valence-electron chi connectivity index (χ3n) is 2.48. The van der Waals surface area contributed by atoms with Gasteiger partial charge in [-0.2, -0.15) is 0 Å². The van der Waals surface area contributed by atoms with Crippen LogP contribution in [0, 0.1) is 0 Å². The predicted molar refractivity (Wildman–Crippen MR) is 55.8 cm³/mol. The number of ether oxygens (including phenoxy) is 2. The molecule has 3 heteroatoms. The Morgan fingerprint density at radius 1 is 1.20 bits per heavy atom. The van der Waals surface area contributed by atoms with E-state index in [1.807, 2.05) is 24.3 Å². The highest BCUT2D eigenvalue weighted by Gasteiger charge is 2.15. The lowest BCUT2D eigenvalue weighted by Gasteiger charge is -2.08. The van der Waals surface area contributed by atoms with Gasteiger partial charge in [0.15, 0.2) is 6.29 Å². The highest BCUT2D eigenvalue weighted by Crippen LogP contribution is 2.12. The van der Waals surface area contributed by atoms with Crippen molar-refractivity contribution in [3.05, 3.63) is 35.4 Å². The van der Waals surface area contributed by atoms with Crippen LogP contribution in [-0.2, 0) is 15.9 Å². The normalized spacial score (nSPS) is 16.8. The summed E-state index contributed by atoms with van der Waals surface area (Å²) in [6.45, 7) is 1.41. The van der Waals surface area contributed by atoms with Gasteiger partial charge in [-0.1, -0.05) is 24.3 Å². The molecule has 0 unspecified atom stereocenters. The van der Waals surface area contributed by atoms with Crippen molar-refractivity contribution in [1.29, 1.82) is 0 Å². The van der Waals surface area contributed by atoms with Gasteiger partial charge in [-0.15, -0.1) is 0 Å². The summed E-state index contributed by atoms with van der Waals surface area (Å²) in [4.78, 5) is 10.4. The first-order valence-electron chi connectivity index (χ1n) is 5.16. The van der Waals surface area contributed by atoms with E-state index in [-0.39, 0.29) is 6.29 Å². The lowest BCUT2D eigenvalue weighted by molar-refractivity contribution is -0.0461. The van der Waals surface area contributed by atoms with Crippen molar-refractivity contribution in [2.75, 3.05) is 13.2 Å². The molecule has 0 aliphatic carbocycles. The molecule has 15 heavy (non-hydrogen) atoms. The first-order valence-corrected chi connectivity index (χ1v) is 5.16. The van der Waals surface area contributed by atoms with Gasteiger partial charge in [-0.25, -0.2) is 0 Å². The zero-order valence-electron chi connectivity index (χ0n) is 8.52. The number of carbonyl (C=O) groups is 1. The fourth-order valence-corrected chi connectivity index (χ4v) is 1.62. The number of carbonyl (C=O) groups excluding carboxylic acids is 1. The van der Waals surface area contributed by atoms with E-state index in [0.717, 1.165) is 19.1 Å². The Labute approximate surface area is 89.0 Å². The molecule has 1 heterocycles. The maximum atomic E-state index is 10.4. The Balaban J connectivity index is 1.84. The number of aldehydes is 1. The molecule has 0 amide bonds. The van der Waals surface area contributed by atoms with Gasteiger partial charge in [0.1, 0.15) is 6.29 Å². The monoisotopic (exact) mass is 206 g/mol. The molecule has 2 rings (SSSR count). The zero-order chi connectivity index (χ0) is 10.5. The number of hydrogen-bond donors (Lipinski definition) is 0. The van der Waals surface area contributed by atoms with E-state index in [9.17, 15) is 4.79 Å². The van der Waals surface area contributed by atoms with Crippen LogP contribution >= 0.6 is 0 Å². The highest BCUT2D eigenvalue weighted by atomic mass is 16.7. The molecule has 1 aliphatic rings. The molecule has 1 aromatic carbocycles. The van der Waals surface area contributed by atoms with Crippen molar-refractivity contribution in [3.63, 3.8) is 0 Å². The molecular weight excluding hydrogens is 192 g/mol. The lowest BCUT2D eigenvalue weighted by Crippen LogP contribution is -2.08.